The average Bonchev–Trinajstić information content (AvgIpc) is 4.21. The molecule has 0 aliphatic rings. The molecule has 21 nitrogen and oxygen atoms in total. The third kappa shape index (κ3) is 18.7. The molecule has 0 spiro atoms. The number of carbonyl (C=O) groups excluding carboxylic acids is 3. The number of nitrogens with zero attached hydrogens (tertiary/aromatic N) is 10. The van der Waals surface area contributed by atoms with Gasteiger partial charge in [-0.15, -0.1) is 36.5 Å². The van der Waals surface area contributed by atoms with Gasteiger partial charge in [-0.2, -0.15) is 19.6 Å². The van der Waals surface area contributed by atoms with Crippen LogP contribution in [0.1, 0.15) is 51.5 Å². The zero-order chi connectivity index (χ0) is 55.3. The summed E-state index contributed by atoms with van der Waals surface area (Å²) in [6, 6.07) is 25.5. The molecule has 27 heteroatoms. The van der Waals surface area contributed by atoms with Crippen LogP contribution in [0.25, 0.3) is 46.2 Å². The zero-order valence-electron chi connectivity index (χ0n) is 41.4. The van der Waals surface area contributed by atoms with Crippen molar-refractivity contribution in [2.75, 3.05) is 40.5 Å². The molecule has 76 heavy (non-hydrogen) atoms. The third-order valence-electron chi connectivity index (χ3n) is 9.94. The number of aromatic nitrogens is 10. The standard InChI is InChI=1S/C24H23F3N6O4.C20H16F3N5O2.C4H11NO.CO2/c1-15-29-21(23-30-20(32-37-23)17-7-9-19(10-8-17)36-24(25,26)27)31-33(15)14-16-5-3-6-18(13-16)22(34)28-11-4-12-35-2;1-12-4-3-5-14(10-12)11-28-13(2)24-18(26-28)19-25-17(27-30-19)15-6-8-16(9-7-15)29-20(21,22)23;1-6-4-2-3-5;2-1-3/h3,5-10,13H,4,11-12,14H2,1-2H3,(H,28,34);3-10H,11H2,1-2H3;2-5H2,1H3;. The highest BCUT2D eigenvalue weighted by molar-refractivity contribution is 5.94. The molecule has 0 atom stereocenters. The quantitative estimate of drug-likeness (QED) is 0.0609. The Morgan fingerprint density at radius 3 is 1.50 bits per heavy atom. The number of halogens is 6. The number of aryl methyl sites for hydroxylation is 3. The Morgan fingerprint density at radius 2 is 1.08 bits per heavy atom. The summed E-state index contributed by atoms with van der Waals surface area (Å²) in [5, 5.41) is 19.4. The monoisotopic (exact) mass is 1060 g/mol. The van der Waals surface area contributed by atoms with E-state index in [1.54, 1.807) is 48.7 Å². The van der Waals surface area contributed by atoms with Gasteiger partial charge in [-0.25, -0.2) is 19.3 Å². The van der Waals surface area contributed by atoms with Crippen molar-refractivity contribution in [3.8, 4) is 57.7 Å². The molecule has 8 rings (SSSR count). The van der Waals surface area contributed by atoms with Crippen LogP contribution in [0.3, 0.4) is 0 Å². The molecule has 0 fully saturated rings. The fourth-order valence-corrected chi connectivity index (χ4v) is 6.51. The van der Waals surface area contributed by atoms with Crippen molar-refractivity contribution >= 4 is 12.1 Å². The zero-order valence-corrected chi connectivity index (χ0v) is 41.4. The Bertz CT molecular complexity index is 3090. The van der Waals surface area contributed by atoms with E-state index in [4.69, 9.17) is 33.8 Å². The lowest BCUT2D eigenvalue weighted by Crippen LogP contribution is -2.25. The van der Waals surface area contributed by atoms with Gasteiger partial charge in [0.1, 0.15) is 23.1 Å². The number of nitrogens with two attached hydrogens (primary N) is 1. The summed E-state index contributed by atoms with van der Waals surface area (Å²) in [7, 11) is 3.29. The van der Waals surface area contributed by atoms with E-state index in [0.29, 0.717) is 54.6 Å². The van der Waals surface area contributed by atoms with Gasteiger partial charge in [0.2, 0.25) is 23.3 Å². The summed E-state index contributed by atoms with van der Waals surface area (Å²) in [5.74, 6) is 1.40. The van der Waals surface area contributed by atoms with E-state index in [1.807, 2.05) is 38.1 Å². The highest BCUT2D eigenvalue weighted by Crippen LogP contribution is 2.28. The Kier molecular flexibility index (Phi) is 21.6. The highest BCUT2D eigenvalue weighted by atomic mass is 19.4. The van der Waals surface area contributed by atoms with Crippen molar-refractivity contribution in [2.45, 2.75) is 59.4 Å². The van der Waals surface area contributed by atoms with Gasteiger partial charge in [-0.1, -0.05) is 52.3 Å². The molecule has 4 heterocycles. The molecule has 0 unspecified atom stereocenters. The predicted molar refractivity (Wildman–Crippen MR) is 256 cm³/mol. The highest BCUT2D eigenvalue weighted by Gasteiger charge is 2.32. The van der Waals surface area contributed by atoms with E-state index < -0.39 is 12.7 Å². The van der Waals surface area contributed by atoms with Crippen LogP contribution in [0, 0.1) is 20.8 Å². The smallest absolute Gasteiger partial charge is 0.406 e. The van der Waals surface area contributed by atoms with Gasteiger partial charge in [0.25, 0.3) is 17.7 Å². The van der Waals surface area contributed by atoms with E-state index >= 15 is 0 Å². The van der Waals surface area contributed by atoms with Crippen LogP contribution in [-0.4, -0.2) is 115 Å². The largest absolute Gasteiger partial charge is 0.573 e. The lowest BCUT2D eigenvalue weighted by atomic mass is 10.1. The van der Waals surface area contributed by atoms with Gasteiger partial charge in [0.15, 0.2) is 0 Å². The minimum absolute atomic E-state index is 0.0525. The molecular weight excluding hydrogens is 1010 g/mol. The van der Waals surface area contributed by atoms with E-state index in [1.165, 1.54) is 36.4 Å². The van der Waals surface area contributed by atoms with Crippen molar-refractivity contribution in [3.05, 3.63) is 131 Å². The number of ether oxygens (including phenoxy) is 4. The molecular formula is C49H50F6N12O9. The molecule has 3 N–H and O–H groups in total. The Labute approximate surface area is 429 Å². The second-order valence-electron chi connectivity index (χ2n) is 15.8. The van der Waals surface area contributed by atoms with Crippen LogP contribution in [-0.2, 0) is 32.2 Å². The van der Waals surface area contributed by atoms with Crippen LogP contribution in [0.5, 0.6) is 11.5 Å². The average molecular weight is 1070 g/mol. The van der Waals surface area contributed by atoms with E-state index in [-0.39, 0.29) is 58.6 Å². The molecule has 0 aliphatic heterocycles. The van der Waals surface area contributed by atoms with Gasteiger partial charge in [-0.05, 0) is 112 Å². The first-order valence-electron chi connectivity index (χ1n) is 22.6. The SMILES string of the molecule is COCCCN.COCCCNC(=O)c1cccc(Cn2nc(-c3nc(-c4ccc(OC(F)(F)F)cc4)no3)nc2C)c1.Cc1cccc(Cn2nc(-c3nc(-c4ccc(OC(F)(F)F)cc4)no3)nc2C)c1.O=C=O. The minimum Gasteiger partial charge on any atom is -0.406 e. The Hall–Kier alpha value is -8.65. The van der Waals surface area contributed by atoms with Crippen molar-refractivity contribution in [3.63, 3.8) is 0 Å². The maximum atomic E-state index is 12.4. The van der Waals surface area contributed by atoms with Gasteiger partial charge in [0.05, 0.1) is 13.1 Å². The Balaban J connectivity index is 0.000000246. The first-order chi connectivity index (χ1) is 36.3. The van der Waals surface area contributed by atoms with Crippen LogP contribution < -0.4 is 20.5 Å². The number of hydrogen-bond donors (Lipinski definition) is 2. The normalized spacial score (nSPS) is 11.0. The van der Waals surface area contributed by atoms with Gasteiger partial charge >= 0.3 is 18.9 Å². The molecule has 1 amide bonds. The van der Waals surface area contributed by atoms with Crippen LogP contribution in [0.2, 0.25) is 0 Å². The molecule has 0 bridgehead atoms. The minimum atomic E-state index is -4.78. The molecule has 4 aromatic heterocycles. The summed E-state index contributed by atoms with van der Waals surface area (Å²) in [4.78, 5) is 45.9. The molecule has 0 saturated carbocycles. The number of methoxy groups -OCH3 is 2. The van der Waals surface area contributed by atoms with E-state index in [0.717, 1.165) is 54.8 Å². The second kappa shape index (κ2) is 28.1. The fourth-order valence-electron chi connectivity index (χ4n) is 6.51. The van der Waals surface area contributed by atoms with Crippen LogP contribution in [0.15, 0.2) is 106 Å². The van der Waals surface area contributed by atoms with E-state index in [2.05, 4.69) is 61.3 Å². The van der Waals surface area contributed by atoms with E-state index in [9.17, 15) is 31.1 Å². The number of benzene rings is 4. The summed E-state index contributed by atoms with van der Waals surface area (Å²) >= 11 is 0. The topological polar surface area (TPSA) is 265 Å². The first-order valence-corrected chi connectivity index (χ1v) is 22.6. The molecule has 4 aromatic carbocycles. The number of amides is 1. The van der Waals surface area contributed by atoms with Crippen molar-refractivity contribution in [1.29, 1.82) is 0 Å². The predicted octanol–water partition coefficient (Wildman–Crippen LogP) is 7.97. The number of alkyl halides is 6. The molecule has 0 radical (unpaired) electrons. The molecule has 0 aliphatic carbocycles. The first kappa shape index (κ1) is 58.2. The van der Waals surface area contributed by atoms with Gasteiger partial charge in [0, 0.05) is 50.7 Å². The number of hydrogen-bond acceptors (Lipinski definition) is 18. The lowest BCUT2D eigenvalue weighted by Gasteiger charge is -2.08. The van der Waals surface area contributed by atoms with Crippen molar-refractivity contribution in [2.24, 2.45) is 5.73 Å². The summed E-state index contributed by atoms with van der Waals surface area (Å²) in [6.45, 7) is 9.10. The lowest BCUT2D eigenvalue weighted by molar-refractivity contribution is -0.275. The second-order valence-corrected chi connectivity index (χ2v) is 15.8. The maximum Gasteiger partial charge on any atom is 0.573 e. The maximum absolute atomic E-state index is 12.4. The third-order valence-corrected chi connectivity index (χ3v) is 9.94. The van der Waals surface area contributed by atoms with Gasteiger partial charge < -0.3 is 39.0 Å². The van der Waals surface area contributed by atoms with Crippen LogP contribution >= 0.6 is 0 Å². The van der Waals surface area contributed by atoms with Crippen molar-refractivity contribution in [1.82, 2.24) is 55.1 Å². The van der Waals surface area contributed by atoms with Crippen LogP contribution in [0.4, 0.5) is 26.3 Å². The fraction of sp³-hybridized carbons (Fsp3) is 0.306. The van der Waals surface area contributed by atoms with Gasteiger partial charge in [-0.3, -0.25) is 4.79 Å². The Morgan fingerprint density at radius 1 is 0.632 bits per heavy atom. The number of nitrogens with one attached hydrogen (secondary N) is 1. The summed E-state index contributed by atoms with van der Waals surface area (Å²) in [5.41, 5.74) is 9.64. The summed E-state index contributed by atoms with van der Waals surface area (Å²) < 4.78 is 105. The molecule has 0 saturated heterocycles. The molecule has 8 aromatic rings. The van der Waals surface area contributed by atoms with Crippen molar-refractivity contribution < 1.29 is 68.7 Å². The summed E-state index contributed by atoms with van der Waals surface area (Å²) in [6.07, 6.45) is -7.59. The number of rotatable bonds is 18. The molecule has 402 valence electrons. The number of carbonyl (C=O) groups is 1.